The van der Waals surface area contributed by atoms with E-state index in [0.717, 1.165) is 32.5 Å². The molecule has 1 amide bonds. The molecule has 5 rings (SSSR count). The molecule has 1 N–H and O–H groups in total. The summed E-state index contributed by atoms with van der Waals surface area (Å²) in [7, 11) is 0. The fourth-order valence-corrected chi connectivity index (χ4v) is 5.36. The Bertz CT molecular complexity index is 886. The predicted octanol–water partition coefficient (Wildman–Crippen LogP) is 3.92. The molecule has 140 valence electrons. The SMILES string of the molecule is O=C1Nc2cccc(F)c2CC1CN1CCC2(CCc3ccccc32)CC1. The molecule has 1 atom stereocenters. The minimum absolute atomic E-state index is 0.0274. The Morgan fingerprint density at radius 2 is 1.89 bits per heavy atom. The van der Waals surface area contributed by atoms with Gasteiger partial charge in [-0.25, -0.2) is 4.39 Å². The van der Waals surface area contributed by atoms with Crippen molar-refractivity contribution in [1.82, 2.24) is 4.90 Å². The average Bonchev–Trinajstić information content (AvgIpc) is 3.04. The first-order chi connectivity index (χ1) is 13.1. The van der Waals surface area contributed by atoms with Gasteiger partial charge >= 0.3 is 0 Å². The van der Waals surface area contributed by atoms with E-state index >= 15 is 0 Å². The van der Waals surface area contributed by atoms with E-state index in [9.17, 15) is 9.18 Å². The van der Waals surface area contributed by atoms with Crippen molar-refractivity contribution in [2.24, 2.45) is 5.92 Å². The predicted molar refractivity (Wildman–Crippen MR) is 104 cm³/mol. The minimum atomic E-state index is -0.211. The number of amides is 1. The van der Waals surface area contributed by atoms with E-state index in [4.69, 9.17) is 0 Å². The molecule has 2 aromatic rings. The summed E-state index contributed by atoms with van der Waals surface area (Å²) in [5.74, 6) is -0.350. The number of carbonyl (C=O) groups is 1. The fraction of sp³-hybridized carbons (Fsp3) is 0.435. The zero-order chi connectivity index (χ0) is 18.4. The van der Waals surface area contributed by atoms with E-state index in [2.05, 4.69) is 34.5 Å². The highest BCUT2D eigenvalue weighted by Gasteiger charge is 2.41. The van der Waals surface area contributed by atoms with E-state index in [1.54, 1.807) is 17.7 Å². The third-order valence-corrected chi connectivity index (χ3v) is 6.95. The van der Waals surface area contributed by atoms with Crippen molar-refractivity contribution in [3.05, 3.63) is 65.0 Å². The number of halogens is 1. The maximum atomic E-state index is 14.1. The number of anilines is 1. The van der Waals surface area contributed by atoms with Crippen LogP contribution in [0.5, 0.6) is 0 Å². The van der Waals surface area contributed by atoms with Crippen LogP contribution in [0.4, 0.5) is 10.1 Å². The molecule has 0 saturated carbocycles. The molecule has 2 aromatic carbocycles. The standard InChI is InChI=1S/C23H25FN2O/c24-20-6-3-7-21-18(20)14-17(22(27)25-21)15-26-12-10-23(11-13-26)9-8-16-4-1-2-5-19(16)23/h1-7,17H,8-15H2,(H,25,27). The molecule has 3 aliphatic rings. The van der Waals surface area contributed by atoms with Gasteiger partial charge in [0, 0.05) is 17.8 Å². The Morgan fingerprint density at radius 1 is 1.07 bits per heavy atom. The summed E-state index contributed by atoms with van der Waals surface area (Å²) in [5.41, 5.74) is 4.69. The Morgan fingerprint density at radius 3 is 2.74 bits per heavy atom. The highest BCUT2D eigenvalue weighted by Crippen LogP contribution is 2.46. The van der Waals surface area contributed by atoms with Crippen LogP contribution >= 0.6 is 0 Å². The summed E-state index contributed by atoms with van der Waals surface area (Å²) in [6.07, 6.45) is 5.25. The number of rotatable bonds is 2. The third-order valence-electron chi connectivity index (χ3n) is 6.95. The molecule has 0 radical (unpaired) electrons. The number of carbonyl (C=O) groups excluding carboxylic acids is 1. The van der Waals surface area contributed by atoms with E-state index in [0.29, 0.717) is 23.1 Å². The Balaban J connectivity index is 1.27. The van der Waals surface area contributed by atoms with Crippen LogP contribution in [0.3, 0.4) is 0 Å². The number of piperidine rings is 1. The van der Waals surface area contributed by atoms with Crippen molar-refractivity contribution in [3.63, 3.8) is 0 Å². The van der Waals surface area contributed by atoms with Gasteiger partial charge in [-0.1, -0.05) is 30.3 Å². The van der Waals surface area contributed by atoms with Crippen LogP contribution in [0.15, 0.2) is 42.5 Å². The minimum Gasteiger partial charge on any atom is -0.325 e. The van der Waals surface area contributed by atoms with Gasteiger partial charge in [-0.3, -0.25) is 4.79 Å². The number of fused-ring (bicyclic) bond motifs is 3. The van der Waals surface area contributed by atoms with E-state index in [1.807, 2.05) is 0 Å². The highest BCUT2D eigenvalue weighted by molar-refractivity contribution is 5.95. The van der Waals surface area contributed by atoms with Crippen LogP contribution in [0.1, 0.15) is 36.0 Å². The van der Waals surface area contributed by atoms with Crippen LogP contribution in [0.2, 0.25) is 0 Å². The van der Waals surface area contributed by atoms with Gasteiger partial charge in [0.25, 0.3) is 0 Å². The van der Waals surface area contributed by atoms with Crippen LogP contribution in [0, 0.1) is 11.7 Å². The van der Waals surface area contributed by atoms with Crippen LogP contribution in [0.25, 0.3) is 0 Å². The Hall–Kier alpha value is -2.20. The molecular weight excluding hydrogens is 339 g/mol. The second kappa shape index (κ2) is 6.45. The molecule has 0 bridgehead atoms. The number of nitrogens with zero attached hydrogens (tertiary/aromatic N) is 1. The lowest BCUT2D eigenvalue weighted by molar-refractivity contribution is -0.121. The van der Waals surface area contributed by atoms with Crippen molar-refractivity contribution >= 4 is 11.6 Å². The van der Waals surface area contributed by atoms with Crippen molar-refractivity contribution in [3.8, 4) is 0 Å². The molecule has 1 aliphatic carbocycles. The number of hydrogen-bond donors (Lipinski definition) is 1. The van der Waals surface area contributed by atoms with Crippen LogP contribution < -0.4 is 5.32 Å². The molecule has 1 saturated heterocycles. The summed E-state index contributed by atoms with van der Waals surface area (Å²) in [5, 5.41) is 2.90. The molecule has 1 spiro atoms. The van der Waals surface area contributed by atoms with Gasteiger partial charge in [-0.2, -0.15) is 0 Å². The lowest BCUT2D eigenvalue weighted by Crippen LogP contribution is -2.46. The maximum Gasteiger partial charge on any atom is 0.229 e. The third kappa shape index (κ3) is 2.87. The van der Waals surface area contributed by atoms with Crippen LogP contribution in [-0.4, -0.2) is 30.4 Å². The maximum absolute atomic E-state index is 14.1. The highest BCUT2D eigenvalue weighted by atomic mass is 19.1. The van der Waals surface area contributed by atoms with Crippen molar-refractivity contribution in [1.29, 1.82) is 0 Å². The van der Waals surface area contributed by atoms with Crippen LogP contribution in [-0.2, 0) is 23.1 Å². The van der Waals surface area contributed by atoms with E-state index in [1.165, 1.54) is 24.5 Å². The molecule has 27 heavy (non-hydrogen) atoms. The Kier molecular flexibility index (Phi) is 4.05. The number of aryl methyl sites for hydroxylation is 1. The van der Waals surface area contributed by atoms with Crippen molar-refractivity contribution in [2.45, 2.75) is 37.5 Å². The number of hydrogen-bond acceptors (Lipinski definition) is 2. The lowest BCUT2D eigenvalue weighted by Gasteiger charge is -2.41. The first kappa shape index (κ1) is 16.9. The molecule has 0 aromatic heterocycles. The van der Waals surface area contributed by atoms with Crippen molar-refractivity contribution in [2.75, 3.05) is 25.0 Å². The normalized spacial score (nSPS) is 23.7. The molecule has 1 unspecified atom stereocenters. The van der Waals surface area contributed by atoms with Gasteiger partial charge in [0.15, 0.2) is 0 Å². The monoisotopic (exact) mass is 364 g/mol. The first-order valence-electron chi connectivity index (χ1n) is 10.0. The molecule has 2 heterocycles. The molecular formula is C23H25FN2O. The van der Waals surface area contributed by atoms with Gasteiger partial charge in [0.1, 0.15) is 5.82 Å². The van der Waals surface area contributed by atoms with E-state index < -0.39 is 0 Å². The summed E-state index contributed by atoms with van der Waals surface area (Å²) in [4.78, 5) is 14.9. The van der Waals surface area contributed by atoms with E-state index in [-0.39, 0.29) is 17.6 Å². The second-order valence-electron chi connectivity index (χ2n) is 8.39. The first-order valence-corrected chi connectivity index (χ1v) is 10.0. The van der Waals surface area contributed by atoms with Gasteiger partial charge in [-0.05, 0) is 73.9 Å². The fourth-order valence-electron chi connectivity index (χ4n) is 5.36. The van der Waals surface area contributed by atoms with Gasteiger partial charge < -0.3 is 10.2 Å². The largest absolute Gasteiger partial charge is 0.325 e. The summed E-state index contributed by atoms with van der Waals surface area (Å²) < 4.78 is 14.1. The molecule has 3 nitrogen and oxygen atoms in total. The Labute approximate surface area is 159 Å². The number of nitrogens with one attached hydrogen (secondary N) is 1. The summed E-state index contributed by atoms with van der Waals surface area (Å²) in [6, 6.07) is 13.8. The second-order valence-corrected chi connectivity index (χ2v) is 8.39. The smallest absolute Gasteiger partial charge is 0.229 e. The van der Waals surface area contributed by atoms with Gasteiger partial charge in [-0.15, -0.1) is 0 Å². The topological polar surface area (TPSA) is 32.3 Å². The zero-order valence-corrected chi connectivity index (χ0v) is 15.5. The summed E-state index contributed by atoms with van der Waals surface area (Å²) in [6.45, 7) is 2.75. The number of benzene rings is 2. The summed E-state index contributed by atoms with van der Waals surface area (Å²) >= 11 is 0. The molecule has 1 fully saturated rings. The van der Waals surface area contributed by atoms with Crippen molar-refractivity contribution < 1.29 is 9.18 Å². The molecule has 4 heteroatoms. The molecule has 2 aliphatic heterocycles. The number of likely N-dealkylation sites (tertiary alicyclic amines) is 1. The van der Waals surface area contributed by atoms with Gasteiger partial charge in [0.2, 0.25) is 5.91 Å². The van der Waals surface area contributed by atoms with Gasteiger partial charge in [0.05, 0.1) is 5.92 Å². The zero-order valence-electron chi connectivity index (χ0n) is 15.5. The lowest BCUT2D eigenvalue weighted by atomic mass is 9.73. The quantitative estimate of drug-likeness (QED) is 0.876. The average molecular weight is 364 g/mol.